The monoisotopic (exact) mass is 157 g/mol. The molecule has 0 spiro atoms. The van der Waals surface area contributed by atoms with E-state index < -0.39 is 0 Å². The maximum absolute atomic E-state index is 11.2. The second kappa shape index (κ2) is 3.72. The maximum Gasteiger partial charge on any atom is 0.310 e. The highest BCUT2D eigenvalue weighted by Gasteiger charge is 2.35. The van der Waals surface area contributed by atoms with Crippen LogP contribution >= 0.6 is 0 Å². The van der Waals surface area contributed by atoms with Crippen LogP contribution in [0.5, 0.6) is 0 Å². The minimum Gasteiger partial charge on any atom is -0.466 e. The first-order valence-electron chi connectivity index (χ1n) is 4.16. The van der Waals surface area contributed by atoms with Crippen LogP contribution in [0.2, 0.25) is 0 Å². The fourth-order valence-corrected chi connectivity index (χ4v) is 1.23. The Morgan fingerprint density at radius 1 is 1.73 bits per heavy atom. The van der Waals surface area contributed by atoms with Gasteiger partial charge in [-0.25, -0.2) is 0 Å². The highest BCUT2D eigenvalue weighted by atomic mass is 16.5. The lowest BCUT2D eigenvalue weighted by Gasteiger charge is -2.11. The smallest absolute Gasteiger partial charge is 0.310 e. The van der Waals surface area contributed by atoms with Crippen LogP contribution < -0.4 is 5.73 Å². The van der Waals surface area contributed by atoms with Crippen molar-refractivity contribution >= 4 is 5.97 Å². The summed E-state index contributed by atoms with van der Waals surface area (Å²) >= 11 is 0. The minimum atomic E-state index is -0.113. The molecule has 0 heterocycles. The van der Waals surface area contributed by atoms with Crippen LogP contribution in [-0.2, 0) is 9.53 Å². The third kappa shape index (κ3) is 2.19. The van der Waals surface area contributed by atoms with E-state index in [1.54, 1.807) is 0 Å². The number of nitrogens with two attached hydrogens (primary N) is 1. The van der Waals surface area contributed by atoms with Crippen LogP contribution in [0, 0.1) is 11.8 Å². The number of hydrogen-bond acceptors (Lipinski definition) is 3. The quantitative estimate of drug-likeness (QED) is 0.606. The Morgan fingerprint density at radius 2 is 2.36 bits per heavy atom. The topological polar surface area (TPSA) is 52.3 Å². The molecule has 1 rings (SSSR count). The summed E-state index contributed by atoms with van der Waals surface area (Å²) in [6.45, 7) is 2.71. The first-order valence-corrected chi connectivity index (χ1v) is 4.16. The Balaban J connectivity index is 2.33. The molecule has 1 aliphatic carbocycles. The molecule has 0 aromatic heterocycles. The molecule has 3 nitrogen and oxygen atoms in total. The van der Waals surface area contributed by atoms with Crippen LogP contribution in [0.3, 0.4) is 0 Å². The molecule has 11 heavy (non-hydrogen) atoms. The minimum absolute atomic E-state index is 0.0325. The van der Waals surface area contributed by atoms with Gasteiger partial charge in [-0.2, -0.15) is 0 Å². The van der Waals surface area contributed by atoms with Gasteiger partial charge in [-0.3, -0.25) is 4.79 Å². The molecule has 1 unspecified atom stereocenters. The maximum atomic E-state index is 11.2. The van der Waals surface area contributed by atoms with Gasteiger partial charge in [0.05, 0.1) is 12.5 Å². The molecule has 2 N–H and O–H groups in total. The number of ether oxygens (including phenoxy) is 1. The van der Waals surface area contributed by atoms with E-state index in [4.69, 9.17) is 10.5 Å². The summed E-state index contributed by atoms with van der Waals surface area (Å²) in [5, 5.41) is 0. The second-order valence-corrected chi connectivity index (χ2v) is 2.93. The van der Waals surface area contributed by atoms with E-state index in [0.717, 1.165) is 12.8 Å². The van der Waals surface area contributed by atoms with Crippen molar-refractivity contribution in [3.8, 4) is 0 Å². The van der Waals surface area contributed by atoms with Gasteiger partial charge in [0.15, 0.2) is 0 Å². The summed E-state index contributed by atoms with van der Waals surface area (Å²) in [5.41, 5.74) is 5.44. The van der Waals surface area contributed by atoms with Crippen LogP contribution in [0.25, 0.3) is 0 Å². The molecule has 0 aromatic rings. The molecule has 1 atom stereocenters. The number of carbonyl (C=O) groups is 1. The van der Waals surface area contributed by atoms with Gasteiger partial charge in [0.25, 0.3) is 0 Å². The first-order chi connectivity index (χ1) is 5.29. The Hall–Kier alpha value is -0.570. The molecule has 0 saturated heterocycles. The number of hydrogen-bond donors (Lipinski definition) is 1. The van der Waals surface area contributed by atoms with E-state index in [1.165, 1.54) is 0 Å². The van der Waals surface area contributed by atoms with Crippen molar-refractivity contribution in [3.63, 3.8) is 0 Å². The molecule has 3 heteroatoms. The Labute approximate surface area is 66.9 Å². The third-order valence-electron chi connectivity index (χ3n) is 2.03. The fourth-order valence-electron chi connectivity index (χ4n) is 1.23. The molecular formula is C8H15NO2. The van der Waals surface area contributed by atoms with Crippen molar-refractivity contribution in [2.24, 2.45) is 17.6 Å². The zero-order valence-electron chi connectivity index (χ0n) is 6.88. The van der Waals surface area contributed by atoms with Gasteiger partial charge in [-0.1, -0.05) is 0 Å². The van der Waals surface area contributed by atoms with Gasteiger partial charge in [0.2, 0.25) is 0 Å². The lowest BCUT2D eigenvalue weighted by molar-refractivity contribution is -0.148. The van der Waals surface area contributed by atoms with E-state index in [9.17, 15) is 4.79 Å². The van der Waals surface area contributed by atoms with Crippen LogP contribution in [0.4, 0.5) is 0 Å². The Morgan fingerprint density at radius 3 is 2.73 bits per heavy atom. The molecule has 1 saturated carbocycles. The SMILES string of the molecule is CCOC(=O)C(CN)C1CC1. The molecular weight excluding hydrogens is 142 g/mol. The van der Waals surface area contributed by atoms with Crippen molar-refractivity contribution in [2.75, 3.05) is 13.2 Å². The zero-order chi connectivity index (χ0) is 8.27. The second-order valence-electron chi connectivity index (χ2n) is 2.93. The van der Waals surface area contributed by atoms with Gasteiger partial charge >= 0.3 is 5.97 Å². The average molecular weight is 157 g/mol. The predicted molar refractivity (Wildman–Crippen MR) is 41.9 cm³/mol. The first kappa shape index (κ1) is 8.53. The molecule has 0 bridgehead atoms. The summed E-state index contributed by atoms with van der Waals surface area (Å²) in [7, 11) is 0. The average Bonchev–Trinajstić information content (AvgIpc) is 2.73. The summed E-state index contributed by atoms with van der Waals surface area (Å²) < 4.78 is 4.88. The Bertz CT molecular complexity index is 143. The zero-order valence-corrected chi connectivity index (χ0v) is 6.88. The molecule has 0 amide bonds. The molecule has 0 radical (unpaired) electrons. The molecule has 64 valence electrons. The summed E-state index contributed by atoms with van der Waals surface area (Å²) in [5.74, 6) is 0.367. The van der Waals surface area contributed by atoms with Crippen molar-refractivity contribution in [1.82, 2.24) is 0 Å². The highest BCUT2D eigenvalue weighted by Crippen LogP contribution is 2.36. The van der Waals surface area contributed by atoms with Gasteiger partial charge in [-0.05, 0) is 25.7 Å². The van der Waals surface area contributed by atoms with E-state index in [-0.39, 0.29) is 11.9 Å². The van der Waals surface area contributed by atoms with Crippen LogP contribution in [-0.4, -0.2) is 19.1 Å². The lowest BCUT2D eigenvalue weighted by atomic mass is 10.1. The molecule has 1 fully saturated rings. The van der Waals surface area contributed by atoms with E-state index in [1.807, 2.05) is 6.92 Å². The van der Waals surface area contributed by atoms with Gasteiger partial charge in [0.1, 0.15) is 0 Å². The molecule has 0 aliphatic heterocycles. The molecule has 1 aliphatic rings. The van der Waals surface area contributed by atoms with Crippen LogP contribution in [0.1, 0.15) is 19.8 Å². The van der Waals surface area contributed by atoms with Gasteiger partial charge in [0, 0.05) is 6.54 Å². The highest BCUT2D eigenvalue weighted by molar-refractivity contribution is 5.73. The summed E-state index contributed by atoms with van der Waals surface area (Å²) in [6, 6.07) is 0. The summed E-state index contributed by atoms with van der Waals surface area (Å²) in [4.78, 5) is 11.2. The van der Waals surface area contributed by atoms with Gasteiger partial charge < -0.3 is 10.5 Å². The summed E-state index contributed by atoms with van der Waals surface area (Å²) in [6.07, 6.45) is 2.28. The van der Waals surface area contributed by atoms with Gasteiger partial charge in [-0.15, -0.1) is 0 Å². The lowest BCUT2D eigenvalue weighted by Crippen LogP contribution is -2.27. The predicted octanol–water partition coefficient (Wildman–Crippen LogP) is 0.534. The number of rotatable bonds is 4. The van der Waals surface area contributed by atoms with E-state index in [0.29, 0.717) is 19.1 Å². The third-order valence-corrected chi connectivity index (χ3v) is 2.03. The molecule has 0 aromatic carbocycles. The van der Waals surface area contributed by atoms with Crippen molar-refractivity contribution in [1.29, 1.82) is 0 Å². The van der Waals surface area contributed by atoms with Crippen LogP contribution in [0.15, 0.2) is 0 Å². The van der Waals surface area contributed by atoms with E-state index in [2.05, 4.69) is 0 Å². The fraction of sp³-hybridized carbons (Fsp3) is 0.875. The largest absolute Gasteiger partial charge is 0.466 e. The van der Waals surface area contributed by atoms with E-state index >= 15 is 0 Å². The number of esters is 1. The van der Waals surface area contributed by atoms with Crippen molar-refractivity contribution in [3.05, 3.63) is 0 Å². The van der Waals surface area contributed by atoms with Crippen molar-refractivity contribution in [2.45, 2.75) is 19.8 Å². The normalized spacial score (nSPS) is 19.5. The number of carbonyl (C=O) groups excluding carboxylic acids is 1. The Kier molecular flexibility index (Phi) is 2.88. The standard InChI is InChI=1S/C8H15NO2/c1-2-11-8(10)7(5-9)6-3-4-6/h6-7H,2-5,9H2,1H3. The van der Waals surface area contributed by atoms with Crippen molar-refractivity contribution < 1.29 is 9.53 Å².